The molecule has 0 saturated carbocycles. The van der Waals surface area contributed by atoms with Crippen LogP contribution in [0.5, 0.6) is 0 Å². The fourth-order valence-electron chi connectivity index (χ4n) is 4.14. The smallest absolute Gasteiger partial charge is 0.305 e. The fraction of sp³-hybridized carbons (Fsp3) is 0.296. The predicted octanol–water partition coefficient (Wildman–Crippen LogP) is 2.02. The summed E-state index contributed by atoms with van der Waals surface area (Å²) in [6.45, 7) is 2.75. The molecule has 0 saturated heterocycles. The average molecular weight is 520 g/mol. The molecular weight excluding hydrogens is 496 g/mol. The SMILES string of the molecule is CCC(=O)OCCN1C(=O)c2ccc(C(=O)c3ccc4c(c3)C(=O)N(CCOC(=O)CC)C4=O)cc2C1=O. The molecule has 11 nitrogen and oxygen atoms in total. The lowest BCUT2D eigenvalue weighted by atomic mass is 9.96. The molecule has 0 radical (unpaired) electrons. The van der Waals surface area contributed by atoms with Crippen molar-refractivity contribution in [3.8, 4) is 0 Å². The van der Waals surface area contributed by atoms with Crippen LogP contribution >= 0.6 is 0 Å². The highest BCUT2D eigenvalue weighted by Crippen LogP contribution is 2.27. The minimum Gasteiger partial charge on any atom is -0.464 e. The highest BCUT2D eigenvalue weighted by molar-refractivity contribution is 6.24. The number of hydrogen-bond donors (Lipinski definition) is 0. The van der Waals surface area contributed by atoms with Gasteiger partial charge in [0.1, 0.15) is 13.2 Å². The zero-order valence-electron chi connectivity index (χ0n) is 20.8. The first-order chi connectivity index (χ1) is 18.2. The van der Waals surface area contributed by atoms with Crippen molar-refractivity contribution in [2.45, 2.75) is 26.7 Å². The van der Waals surface area contributed by atoms with Crippen molar-refractivity contribution >= 4 is 41.4 Å². The number of fused-ring (bicyclic) bond motifs is 2. The van der Waals surface area contributed by atoms with Gasteiger partial charge in [-0.15, -0.1) is 0 Å². The summed E-state index contributed by atoms with van der Waals surface area (Å²) in [4.78, 5) is 88.7. The summed E-state index contributed by atoms with van der Waals surface area (Å²) < 4.78 is 9.90. The Labute approximate surface area is 217 Å². The van der Waals surface area contributed by atoms with E-state index in [0.717, 1.165) is 9.80 Å². The minimum absolute atomic E-state index is 0.0443. The van der Waals surface area contributed by atoms with E-state index in [1.54, 1.807) is 13.8 Å². The summed E-state index contributed by atoms with van der Waals surface area (Å²) in [6, 6.07) is 8.18. The van der Waals surface area contributed by atoms with Crippen molar-refractivity contribution in [3.63, 3.8) is 0 Å². The molecule has 11 heteroatoms. The van der Waals surface area contributed by atoms with E-state index in [1.165, 1.54) is 36.4 Å². The number of rotatable bonds is 10. The lowest BCUT2D eigenvalue weighted by Crippen LogP contribution is -2.33. The van der Waals surface area contributed by atoms with Crippen LogP contribution in [0.2, 0.25) is 0 Å². The van der Waals surface area contributed by atoms with E-state index in [-0.39, 0.29) is 72.5 Å². The summed E-state index contributed by atoms with van der Waals surface area (Å²) >= 11 is 0. The lowest BCUT2D eigenvalue weighted by molar-refractivity contribution is -0.144. The van der Waals surface area contributed by atoms with E-state index in [4.69, 9.17) is 9.47 Å². The largest absolute Gasteiger partial charge is 0.464 e. The zero-order valence-corrected chi connectivity index (χ0v) is 20.8. The molecule has 2 heterocycles. The highest BCUT2D eigenvalue weighted by Gasteiger charge is 2.37. The van der Waals surface area contributed by atoms with Crippen LogP contribution in [0.3, 0.4) is 0 Å². The Morgan fingerprint density at radius 1 is 0.605 bits per heavy atom. The molecule has 196 valence electrons. The van der Waals surface area contributed by atoms with Crippen molar-refractivity contribution < 1.29 is 43.0 Å². The Balaban J connectivity index is 1.50. The summed E-state index contributed by atoms with van der Waals surface area (Å²) in [5.41, 5.74) is 0.573. The van der Waals surface area contributed by atoms with Gasteiger partial charge in [0.05, 0.1) is 35.3 Å². The third-order valence-electron chi connectivity index (χ3n) is 6.20. The zero-order chi connectivity index (χ0) is 27.6. The van der Waals surface area contributed by atoms with Crippen molar-refractivity contribution in [2.24, 2.45) is 0 Å². The summed E-state index contributed by atoms with van der Waals surface area (Å²) in [5.74, 6) is -3.74. The van der Waals surface area contributed by atoms with Gasteiger partial charge >= 0.3 is 11.9 Å². The van der Waals surface area contributed by atoms with Crippen LogP contribution in [0.4, 0.5) is 0 Å². The molecule has 38 heavy (non-hydrogen) atoms. The lowest BCUT2D eigenvalue weighted by Gasteiger charge is -2.13. The van der Waals surface area contributed by atoms with Gasteiger partial charge in [-0.1, -0.05) is 26.0 Å². The molecule has 0 aliphatic carbocycles. The Morgan fingerprint density at radius 2 is 0.974 bits per heavy atom. The van der Waals surface area contributed by atoms with Crippen LogP contribution in [0.1, 0.15) is 84.0 Å². The number of esters is 2. The molecule has 2 aromatic carbocycles. The van der Waals surface area contributed by atoms with Gasteiger partial charge in [0.2, 0.25) is 0 Å². The number of hydrogen-bond acceptors (Lipinski definition) is 9. The van der Waals surface area contributed by atoms with Crippen LogP contribution in [0.15, 0.2) is 36.4 Å². The van der Waals surface area contributed by atoms with Gasteiger partial charge in [0.25, 0.3) is 23.6 Å². The summed E-state index contributed by atoms with van der Waals surface area (Å²) in [7, 11) is 0. The highest BCUT2D eigenvalue weighted by atomic mass is 16.5. The number of carbonyl (C=O) groups excluding carboxylic acids is 7. The van der Waals surface area contributed by atoms with Crippen molar-refractivity contribution in [3.05, 3.63) is 69.8 Å². The average Bonchev–Trinajstić information content (AvgIpc) is 3.31. The molecule has 2 aliphatic heterocycles. The van der Waals surface area contributed by atoms with Gasteiger partial charge in [0.15, 0.2) is 5.78 Å². The molecule has 0 aromatic heterocycles. The van der Waals surface area contributed by atoms with Crippen molar-refractivity contribution in [1.29, 1.82) is 0 Å². The third kappa shape index (κ3) is 4.82. The first-order valence-electron chi connectivity index (χ1n) is 12.0. The summed E-state index contributed by atoms with van der Waals surface area (Å²) in [6.07, 6.45) is 0.338. The Kier molecular flexibility index (Phi) is 7.47. The summed E-state index contributed by atoms with van der Waals surface area (Å²) in [5, 5.41) is 0. The maximum absolute atomic E-state index is 13.2. The van der Waals surface area contributed by atoms with E-state index in [2.05, 4.69) is 0 Å². The number of ketones is 1. The Morgan fingerprint density at radius 3 is 1.34 bits per heavy atom. The van der Waals surface area contributed by atoms with E-state index in [9.17, 15) is 33.6 Å². The predicted molar refractivity (Wildman–Crippen MR) is 130 cm³/mol. The third-order valence-corrected chi connectivity index (χ3v) is 6.20. The number of benzene rings is 2. The van der Waals surface area contributed by atoms with Crippen LogP contribution < -0.4 is 0 Å². The van der Waals surface area contributed by atoms with Gasteiger partial charge in [0, 0.05) is 24.0 Å². The number of ether oxygens (including phenoxy) is 2. The van der Waals surface area contributed by atoms with E-state index in [0.29, 0.717) is 0 Å². The van der Waals surface area contributed by atoms with Gasteiger partial charge < -0.3 is 9.47 Å². The maximum atomic E-state index is 13.2. The maximum Gasteiger partial charge on any atom is 0.305 e. The monoisotopic (exact) mass is 520 g/mol. The molecule has 4 rings (SSSR count). The standard InChI is InChI=1S/C27H24N2O9/c1-3-21(30)37-11-9-28-24(33)17-7-5-15(13-19(17)26(28)35)23(32)16-6-8-18-20(14-16)27(36)29(25(18)34)10-12-38-22(31)4-2/h5-8,13-14H,3-4,9-12H2,1-2H3. The quantitative estimate of drug-likeness (QED) is 0.261. The van der Waals surface area contributed by atoms with Crippen molar-refractivity contribution in [2.75, 3.05) is 26.3 Å². The van der Waals surface area contributed by atoms with Crippen LogP contribution in [0.25, 0.3) is 0 Å². The normalized spacial score (nSPS) is 14.1. The van der Waals surface area contributed by atoms with Gasteiger partial charge in [-0.2, -0.15) is 0 Å². The molecule has 4 amide bonds. The second-order valence-electron chi connectivity index (χ2n) is 8.52. The Bertz CT molecular complexity index is 1290. The fourth-order valence-corrected chi connectivity index (χ4v) is 4.14. The second kappa shape index (κ2) is 10.8. The number of imide groups is 2. The number of nitrogens with zero attached hydrogens (tertiary/aromatic N) is 2. The van der Waals surface area contributed by atoms with Crippen LogP contribution in [0, 0.1) is 0 Å². The molecule has 0 atom stereocenters. The van der Waals surface area contributed by atoms with Gasteiger partial charge in [-0.25, -0.2) is 0 Å². The molecule has 2 aromatic rings. The molecule has 0 N–H and O–H groups in total. The topological polar surface area (TPSA) is 144 Å². The van der Waals surface area contributed by atoms with Crippen LogP contribution in [-0.2, 0) is 19.1 Å². The van der Waals surface area contributed by atoms with E-state index in [1.807, 2.05) is 0 Å². The first-order valence-corrected chi connectivity index (χ1v) is 12.0. The Hall–Kier alpha value is -4.67. The van der Waals surface area contributed by atoms with Gasteiger partial charge in [-0.3, -0.25) is 43.4 Å². The molecular formula is C27H24N2O9. The van der Waals surface area contributed by atoms with Gasteiger partial charge in [-0.05, 0) is 24.3 Å². The molecule has 2 aliphatic rings. The number of amides is 4. The van der Waals surface area contributed by atoms with E-state index < -0.39 is 41.4 Å². The first kappa shape index (κ1) is 26.4. The number of carbonyl (C=O) groups is 7. The van der Waals surface area contributed by atoms with Crippen molar-refractivity contribution in [1.82, 2.24) is 9.80 Å². The molecule has 0 spiro atoms. The minimum atomic E-state index is -0.610. The molecule has 0 fully saturated rings. The van der Waals surface area contributed by atoms with E-state index >= 15 is 0 Å². The molecule has 0 bridgehead atoms. The second-order valence-corrected chi connectivity index (χ2v) is 8.52. The molecule has 0 unspecified atom stereocenters. The van der Waals surface area contributed by atoms with Crippen LogP contribution in [-0.4, -0.2) is 77.5 Å².